The van der Waals surface area contributed by atoms with Crippen molar-refractivity contribution in [2.75, 3.05) is 6.67 Å². The standard InChI is InChI=1S/C9H19F/c1-8(7-10)5-6-9(2,3)4/h8H,5-7H2,1-4H3/t8-/m0/s1. The molecular weight excluding hydrogens is 127 g/mol. The topological polar surface area (TPSA) is 0 Å². The van der Waals surface area contributed by atoms with Crippen LogP contribution >= 0.6 is 0 Å². The molecule has 1 atom stereocenters. The molecule has 10 heavy (non-hydrogen) atoms. The predicted molar refractivity (Wildman–Crippen MR) is 43.8 cm³/mol. The Bertz CT molecular complexity index is 81.2. The molecule has 62 valence electrons. The van der Waals surface area contributed by atoms with E-state index in [1.165, 1.54) is 0 Å². The summed E-state index contributed by atoms with van der Waals surface area (Å²) >= 11 is 0. The van der Waals surface area contributed by atoms with E-state index in [-0.39, 0.29) is 12.6 Å². The zero-order chi connectivity index (χ0) is 8.20. The van der Waals surface area contributed by atoms with Gasteiger partial charge >= 0.3 is 0 Å². The second-order valence-corrected chi connectivity index (χ2v) is 4.36. The van der Waals surface area contributed by atoms with Crippen molar-refractivity contribution in [3.8, 4) is 0 Å². The van der Waals surface area contributed by atoms with Gasteiger partial charge in [0.15, 0.2) is 0 Å². The molecule has 0 amide bonds. The van der Waals surface area contributed by atoms with Crippen LogP contribution in [0.5, 0.6) is 0 Å². The van der Waals surface area contributed by atoms with Gasteiger partial charge in [0, 0.05) is 0 Å². The highest BCUT2D eigenvalue weighted by Gasteiger charge is 2.11. The Morgan fingerprint density at radius 3 is 2.10 bits per heavy atom. The molecule has 0 rings (SSSR count). The minimum Gasteiger partial charge on any atom is -0.251 e. The van der Waals surface area contributed by atoms with Crippen LogP contribution in [0.4, 0.5) is 4.39 Å². The van der Waals surface area contributed by atoms with Gasteiger partial charge in [-0.15, -0.1) is 0 Å². The normalized spacial score (nSPS) is 15.3. The lowest BCUT2D eigenvalue weighted by atomic mass is 9.87. The van der Waals surface area contributed by atoms with Gasteiger partial charge in [-0.05, 0) is 24.2 Å². The molecule has 0 radical (unpaired) electrons. The van der Waals surface area contributed by atoms with Crippen LogP contribution in [0.3, 0.4) is 0 Å². The lowest BCUT2D eigenvalue weighted by molar-refractivity contribution is 0.294. The molecule has 0 unspecified atom stereocenters. The molecule has 1 heteroatoms. The zero-order valence-electron chi connectivity index (χ0n) is 7.58. The van der Waals surface area contributed by atoms with Crippen LogP contribution in [0, 0.1) is 11.3 Å². The molecule has 0 nitrogen and oxygen atoms in total. The van der Waals surface area contributed by atoms with E-state index in [4.69, 9.17) is 0 Å². The Labute approximate surface area is 63.8 Å². The maximum absolute atomic E-state index is 12.0. The number of rotatable bonds is 3. The molecule has 0 heterocycles. The molecule has 0 saturated carbocycles. The highest BCUT2D eigenvalue weighted by molar-refractivity contribution is 4.63. The average molecular weight is 146 g/mol. The summed E-state index contributed by atoms with van der Waals surface area (Å²) in [6.07, 6.45) is 2.14. The average Bonchev–Trinajstić information content (AvgIpc) is 1.81. The third-order valence-corrected chi connectivity index (χ3v) is 1.65. The van der Waals surface area contributed by atoms with Crippen molar-refractivity contribution < 1.29 is 4.39 Å². The maximum Gasteiger partial charge on any atom is 0.0919 e. The zero-order valence-corrected chi connectivity index (χ0v) is 7.58. The minimum absolute atomic E-state index is 0.171. The van der Waals surface area contributed by atoms with Crippen molar-refractivity contribution in [2.24, 2.45) is 11.3 Å². The first-order valence-electron chi connectivity index (χ1n) is 4.01. The monoisotopic (exact) mass is 146 g/mol. The molecule has 0 aliphatic heterocycles. The molecular formula is C9H19F. The van der Waals surface area contributed by atoms with E-state index in [0.717, 1.165) is 12.8 Å². The summed E-state index contributed by atoms with van der Waals surface area (Å²) in [4.78, 5) is 0. The summed E-state index contributed by atoms with van der Waals surface area (Å²) in [5.41, 5.74) is 0.365. The van der Waals surface area contributed by atoms with Crippen molar-refractivity contribution in [3.63, 3.8) is 0 Å². The third kappa shape index (κ3) is 6.06. The quantitative estimate of drug-likeness (QED) is 0.572. The minimum atomic E-state index is -0.171. The Kier molecular flexibility index (Phi) is 3.92. The molecule has 0 aliphatic rings. The van der Waals surface area contributed by atoms with Crippen molar-refractivity contribution in [1.29, 1.82) is 0 Å². The largest absolute Gasteiger partial charge is 0.251 e. The van der Waals surface area contributed by atoms with E-state index in [1.54, 1.807) is 0 Å². The Morgan fingerprint density at radius 1 is 1.30 bits per heavy atom. The van der Waals surface area contributed by atoms with Gasteiger partial charge in [0.2, 0.25) is 0 Å². The maximum atomic E-state index is 12.0. The van der Waals surface area contributed by atoms with Gasteiger partial charge in [-0.2, -0.15) is 0 Å². The van der Waals surface area contributed by atoms with Gasteiger partial charge in [-0.3, -0.25) is 4.39 Å². The molecule has 0 spiro atoms. The summed E-state index contributed by atoms with van der Waals surface area (Å²) in [5.74, 6) is 0.249. The second-order valence-electron chi connectivity index (χ2n) is 4.36. The van der Waals surface area contributed by atoms with Gasteiger partial charge in [0.25, 0.3) is 0 Å². The number of hydrogen-bond donors (Lipinski definition) is 0. The van der Waals surface area contributed by atoms with E-state index in [2.05, 4.69) is 20.8 Å². The number of hydrogen-bond acceptors (Lipinski definition) is 0. The Hall–Kier alpha value is -0.0700. The van der Waals surface area contributed by atoms with E-state index >= 15 is 0 Å². The van der Waals surface area contributed by atoms with Crippen molar-refractivity contribution in [3.05, 3.63) is 0 Å². The molecule has 0 bridgehead atoms. The Balaban J connectivity index is 3.36. The van der Waals surface area contributed by atoms with Crippen LogP contribution in [0.1, 0.15) is 40.5 Å². The molecule has 0 saturated heterocycles. The van der Waals surface area contributed by atoms with Gasteiger partial charge in [0.05, 0.1) is 6.67 Å². The van der Waals surface area contributed by atoms with Gasteiger partial charge < -0.3 is 0 Å². The van der Waals surface area contributed by atoms with Crippen molar-refractivity contribution in [2.45, 2.75) is 40.5 Å². The van der Waals surface area contributed by atoms with E-state index in [9.17, 15) is 4.39 Å². The van der Waals surface area contributed by atoms with Gasteiger partial charge in [0.1, 0.15) is 0 Å². The predicted octanol–water partition coefficient (Wildman–Crippen LogP) is 3.42. The highest BCUT2D eigenvalue weighted by Crippen LogP contribution is 2.23. The summed E-state index contributed by atoms with van der Waals surface area (Å²) in [5, 5.41) is 0. The van der Waals surface area contributed by atoms with Crippen LogP contribution in [0.25, 0.3) is 0 Å². The van der Waals surface area contributed by atoms with E-state index in [0.29, 0.717) is 5.41 Å². The second kappa shape index (κ2) is 3.95. The lowest BCUT2D eigenvalue weighted by Gasteiger charge is -2.19. The number of halogens is 1. The number of alkyl halides is 1. The van der Waals surface area contributed by atoms with Crippen LogP contribution < -0.4 is 0 Å². The first-order chi connectivity index (χ1) is 4.45. The SMILES string of the molecule is C[C@H](CF)CCC(C)(C)C. The molecule has 0 fully saturated rings. The first kappa shape index (κ1) is 9.93. The molecule has 0 aromatic carbocycles. The fraction of sp³-hybridized carbons (Fsp3) is 1.00. The van der Waals surface area contributed by atoms with Gasteiger partial charge in [-0.1, -0.05) is 27.7 Å². The van der Waals surface area contributed by atoms with E-state index in [1.807, 2.05) is 6.92 Å². The molecule has 0 aromatic heterocycles. The summed E-state index contributed by atoms with van der Waals surface area (Å²) in [6, 6.07) is 0. The third-order valence-electron chi connectivity index (χ3n) is 1.65. The Morgan fingerprint density at radius 2 is 1.80 bits per heavy atom. The highest BCUT2D eigenvalue weighted by atomic mass is 19.1. The summed E-state index contributed by atoms with van der Waals surface area (Å²) < 4.78 is 12.0. The van der Waals surface area contributed by atoms with Crippen molar-refractivity contribution >= 4 is 0 Å². The van der Waals surface area contributed by atoms with Crippen LogP contribution in [-0.2, 0) is 0 Å². The molecule has 0 aromatic rings. The lowest BCUT2D eigenvalue weighted by Crippen LogP contribution is -2.08. The van der Waals surface area contributed by atoms with Crippen LogP contribution in [0.2, 0.25) is 0 Å². The summed E-state index contributed by atoms with van der Waals surface area (Å²) in [6.45, 7) is 8.37. The van der Waals surface area contributed by atoms with Crippen molar-refractivity contribution in [1.82, 2.24) is 0 Å². The van der Waals surface area contributed by atoms with E-state index < -0.39 is 0 Å². The molecule has 0 aliphatic carbocycles. The fourth-order valence-corrected chi connectivity index (χ4v) is 0.757. The smallest absolute Gasteiger partial charge is 0.0919 e. The van der Waals surface area contributed by atoms with Crippen LogP contribution in [-0.4, -0.2) is 6.67 Å². The molecule has 0 N–H and O–H groups in total. The summed E-state index contributed by atoms with van der Waals surface area (Å²) in [7, 11) is 0. The fourth-order valence-electron chi connectivity index (χ4n) is 0.757. The van der Waals surface area contributed by atoms with Gasteiger partial charge in [-0.25, -0.2) is 0 Å². The van der Waals surface area contributed by atoms with Crippen LogP contribution in [0.15, 0.2) is 0 Å². The first-order valence-corrected chi connectivity index (χ1v) is 4.01.